The molecular weight excluding hydrogens is 645 g/mol. The minimum atomic E-state index is 0.152. The summed E-state index contributed by atoms with van der Waals surface area (Å²) in [4.78, 5) is 0. The van der Waals surface area contributed by atoms with E-state index in [0.717, 1.165) is 13.1 Å². The Morgan fingerprint density at radius 2 is 0.906 bits per heavy atom. The summed E-state index contributed by atoms with van der Waals surface area (Å²) in [5.41, 5.74) is 9.88. The minimum Gasteiger partial charge on any atom is -0.312 e. The summed E-state index contributed by atoms with van der Waals surface area (Å²) < 4.78 is 0. The molecule has 294 valence electrons. The van der Waals surface area contributed by atoms with Crippen molar-refractivity contribution in [3.8, 4) is 11.1 Å². The second-order valence-electron chi connectivity index (χ2n) is 18.4. The number of piperidine rings is 4. The monoisotopic (exact) mass is 723 g/mol. The molecule has 4 N–H and O–H groups in total. The van der Waals surface area contributed by atoms with Crippen LogP contribution in [-0.4, -0.2) is 50.3 Å². The Morgan fingerprint density at radius 1 is 0.472 bits per heavy atom. The lowest BCUT2D eigenvalue weighted by molar-refractivity contribution is 0.259. The highest BCUT2D eigenvalue weighted by Gasteiger charge is 2.43. The van der Waals surface area contributed by atoms with E-state index in [1.54, 1.807) is 33.4 Å². The van der Waals surface area contributed by atoms with Gasteiger partial charge in [-0.25, -0.2) is 0 Å². The Labute approximate surface area is 325 Å². The molecule has 4 heterocycles. The molecular formula is C49H78N4. The molecule has 2 aromatic carbocycles. The number of hydrogen-bond acceptors (Lipinski definition) is 4. The maximum atomic E-state index is 4.06. The van der Waals surface area contributed by atoms with E-state index >= 15 is 0 Å². The van der Waals surface area contributed by atoms with Crippen LogP contribution in [0.1, 0.15) is 202 Å². The van der Waals surface area contributed by atoms with Gasteiger partial charge >= 0.3 is 0 Å². The number of nitrogens with one attached hydrogen (secondary N) is 4. The Morgan fingerprint density at radius 3 is 1.30 bits per heavy atom. The van der Waals surface area contributed by atoms with E-state index in [1.165, 1.54) is 167 Å². The summed E-state index contributed by atoms with van der Waals surface area (Å²) in [6, 6.07) is 18.4. The number of fused-ring (bicyclic) bond motifs is 3. The highest BCUT2D eigenvalue weighted by Crippen LogP contribution is 2.55. The molecule has 0 bridgehead atoms. The van der Waals surface area contributed by atoms with Gasteiger partial charge in [0.25, 0.3) is 0 Å². The topological polar surface area (TPSA) is 48.1 Å². The summed E-state index contributed by atoms with van der Waals surface area (Å²) in [7, 11) is 0. The van der Waals surface area contributed by atoms with Gasteiger partial charge in [0.05, 0.1) is 0 Å². The molecule has 4 saturated heterocycles. The molecule has 7 rings (SSSR count). The number of unbranched alkanes of at least 4 members (excludes halogenated alkanes) is 10. The first-order valence-corrected chi connectivity index (χ1v) is 23.4. The van der Waals surface area contributed by atoms with E-state index < -0.39 is 0 Å². The molecule has 0 spiro atoms. The fourth-order valence-electron chi connectivity index (χ4n) is 11.6. The molecule has 0 saturated carbocycles. The number of hydrogen-bond donors (Lipinski definition) is 4. The predicted molar refractivity (Wildman–Crippen MR) is 227 cm³/mol. The van der Waals surface area contributed by atoms with Gasteiger partial charge in [-0.1, -0.05) is 140 Å². The molecule has 53 heavy (non-hydrogen) atoms. The van der Waals surface area contributed by atoms with Crippen LogP contribution >= 0.6 is 0 Å². The van der Waals surface area contributed by atoms with Crippen LogP contribution in [-0.2, 0) is 5.41 Å². The van der Waals surface area contributed by atoms with Crippen molar-refractivity contribution < 1.29 is 0 Å². The Bertz CT molecular complexity index is 1270. The van der Waals surface area contributed by atoms with Crippen LogP contribution in [0.2, 0.25) is 0 Å². The van der Waals surface area contributed by atoms with Crippen molar-refractivity contribution >= 4 is 0 Å². The quantitative estimate of drug-likeness (QED) is 0.116. The Balaban J connectivity index is 1.15. The SMILES string of the molecule is CCCCCCCCC1(CCCCCCCC)c2cc(C3CCC(C4CCCCN4)NC3)ccc2-c2ccc(C3CCC(C4CCCCN4)NC3)cc21. The third-order valence-electron chi connectivity index (χ3n) is 14.8. The Hall–Kier alpha value is -1.72. The van der Waals surface area contributed by atoms with Crippen molar-refractivity contribution in [1.82, 2.24) is 21.3 Å². The average molecular weight is 723 g/mol. The van der Waals surface area contributed by atoms with E-state index in [1.807, 2.05) is 0 Å². The summed E-state index contributed by atoms with van der Waals surface area (Å²) in [5.74, 6) is 1.25. The van der Waals surface area contributed by atoms with Crippen molar-refractivity contribution in [2.75, 3.05) is 26.2 Å². The first-order chi connectivity index (χ1) is 26.2. The fraction of sp³-hybridized carbons (Fsp3) is 0.755. The summed E-state index contributed by atoms with van der Waals surface area (Å²) in [6.45, 7) is 9.36. The molecule has 4 fully saturated rings. The third kappa shape index (κ3) is 9.64. The van der Waals surface area contributed by atoms with Gasteiger partial charge in [-0.15, -0.1) is 0 Å². The second-order valence-corrected chi connectivity index (χ2v) is 18.4. The van der Waals surface area contributed by atoms with Crippen molar-refractivity contribution in [2.45, 2.75) is 209 Å². The van der Waals surface area contributed by atoms with Crippen LogP contribution in [0.3, 0.4) is 0 Å². The lowest BCUT2D eigenvalue weighted by atomic mass is 9.69. The van der Waals surface area contributed by atoms with Crippen LogP contribution < -0.4 is 21.3 Å². The summed E-state index contributed by atoms with van der Waals surface area (Å²) in [6.07, 6.45) is 32.6. The fourth-order valence-corrected chi connectivity index (χ4v) is 11.6. The molecule has 4 nitrogen and oxygen atoms in total. The number of rotatable bonds is 18. The van der Waals surface area contributed by atoms with Crippen LogP contribution in [0.4, 0.5) is 0 Å². The molecule has 0 amide bonds. The smallest absolute Gasteiger partial charge is 0.0221 e. The zero-order valence-corrected chi connectivity index (χ0v) is 34.2. The molecule has 6 atom stereocenters. The first kappa shape index (κ1) is 39.5. The zero-order valence-electron chi connectivity index (χ0n) is 34.2. The first-order valence-electron chi connectivity index (χ1n) is 23.4. The maximum absolute atomic E-state index is 4.06. The lowest BCUT2D eigenvalue weighted by Gasteiger charge is -2.38. The van der Waals surface area contributed by atoms with Gasteiger partial charge in [0, 0.05) is 42.7 Å². The molecule has 1 aliphatic carbocycles. The molecule has 0 aromatic heterocycles. The van der Waals surface area contributed by atoms with Gasteiger partial charge in [0.15, 0.2) is 0 Å². The standard InChI is InChI=1S/C49H78N4/c1-3-5-7-9-11-15-29-49(30-16-12-10-8-6-4-2)43-33-37(39-23-27-47(52-35-39)45-19-13-17-31-50-45)21-25-41(43)42-26-22-38(34-44(42)49)40-24-28-48(53-36-40)46-20-14-18-32-51-46/h21-22,25-26,33-34,39-40,45-48,50-53H,3-20,23-24,27-32,35-36H2,1-2H3. The molecule has 2 aromatic rings. The molecule has 6 unspecified atom stereocenters. The number of benzene rings is 2. The van der Waals surface area contributed by atoms with Gasteiger partial charge < -0.3 is 21.3 Å². The van der Waals surface area contributed by atoms with Crippen molar-refractivity contribution in [2.24, 2.45) is 0 Å². The van der Waals surface area contributed by atoms with Gasteiger partial charge in [0.2, 0.25) is 0 Å². The van der Waals surface area contributed by atoms with Crippen LogP contribution in [0.25, 0.3) is 11.1 Å². The minimum absolute atomic E-state index is 0.152. The highest BCUT2D eigenvalue weighted by atomic mass is 15.0. The van der Waals surface area contributed by atoms with Crippen LogP contribution in [0, 0.1) is 0 Å². The summed E-state index contributed by atoms with van der Waals surface area (Å²) >= 11 is 0. The van der Waals surface area contributed by atoms with Crippen LogP contribution in [0.5, 0.6) is 0 Å². The van der Waals surface area contributed by atoms with E-state index in [0.29, 0.717) is 36.0 Å². The van der Waals surface area contributed by atoms with E-state index in [2.05, 4.69) is 71.5 Å². The summed E-state index contributed by atoms with van der Waals surface area (Å²) in [5, 5.41) is 15.8. The molecule has 4 heteroatoms. The van der Waals surface area contributed by atoms with Gasteiger partial charge in [0.1, 0.15) is 0 Å². The van der Waals surface area contributed by atoms with Crippen molar-refractivity contribution in [1.29, 1.82) is 0 Å². The molecule has 5 aliphatic rings. The van der Waals surface area contributed by atoms with Crippen LogP contribution in [0.15, 0.2) is 36.4 Å². The average Bonchev–Trinajstić information content (AvgIpc) is 3.49. The van der Waals surface area contributed by atoms with Crippen molar-refractivity contribution in [3.05, 3.63) is 58.7 Å². The zero-order chi connectivity index (χ0) is 36.3. The van der Waals surface area contributed by atoms with Gasteiger partial charge in [-0.05, 0) is 123 Å². The van der Waals surface area contributed by atoms with Gasteiger partial charge in [-0.2, -0.15) is 0 Å². The molecule has 4 aliphatic heterocycles. The Kier molecular flexibility index (Phi) is 14.9. The molecule has 0 radical (unpaired) electrons. The maximum Gasteiger partial charge on any atom is 0.0221 e. The van der Waals surface area contributed by atoms with E-state index in [9.17, 15) is 0 Å². The van der Waals surface area contributed by atoms with Gasteiger partial charge in [-0.3, -0.25) is 0 Å². The lowest BCUT2D eigenvalue weighted by Crippen LogP contribution is -2.53. The highest BCUT2D eigenvalue weighted by molar-refractivity contribution is 5.82. The van der Waals surface area contributed by atoms with E-state index in [4.69, 9.17) is 0 Å². The third-order valence-corrected chi connectivity index (χ3v) is 14.8. The largest absolute Gasteiger partial charge is 0.312 e. The predicted octanol–water partition coefficient (Wildman–Crippen LogP) is 11.4. The van der Waals surface area contributed by atoms with Crippen molar-refractivity contribution in [3.63, 3.8) is 0 Å². The van der Waals surface area contributed by atoms with E-state index in [-0.39, 0.29) is 5.41 Å². The second kappa shape index (κ2) is 19.9. The normalized spacial score (nSPS) is 28.4.